The Balaban J connectivity index is 0.868. The molecule has 4 heteroatoms. The van der Waals surface area contributed by atoms with E-state index < -0.39 is 0 Å². The molecular weight excluding hydrogens is 1040 g/mol. The first-order chi connectivity index (χ1) is 42.7. The first kappa shape index (κ1) is 53.8. The lowest BCUT2D eigenvalue weighted by Gasteiger charge is -2.29. The highest BCUT2D eigenvalue weighted by atomic mass is 15.2. The van der Waals surface area contributed by atoms with Crippen molar-refractivity contribution in [1.29, 1.82) is 0 Å². The molecule has 0 aromatic heterocycles. The largest absolute Gasteiger partial charge is 0.317 e. The van der Waals surface area contributed by atoms with Crippen LogP contribution in [-0.4, -0.2) is 0 Å². The Labute approximate surface area is 505 Å². The fraction of sp³-hybridized carbons (Fsp3) is 0. The topological polar surface area (TPSA) is 13.0 Å². The van der Waals surface area contributed by atoms with Crippen LogP contribution in [0.3, 0.4) is 0 Å². The van der Waals surface area contributed by atoms with Crippen LogP contribution < -0.4 is 19.6 Å². The standard InChI is InChI=1S/C82H62N4/c1-9-25-66(26-10-1)81(67-27-11-2-12-28-67)61-63-41-47-75(48-42-63)85(74-39-23-8-24-40-74)79-57-59-80(60-58-79)86(77-51-45-65(46-52-77)64-43-49-76(50-44-64)84(72-35-19-6-20-36-72)73-37-21-7-22-38-73)78-55-53-71(54-56-78)83(70-33-17-5-18-34-70)62-82(68-29-13-3-14-30-68)69-31-15-4-16-32-69/h1-62H. The van der Waals surface area contributed by atoms with Crippen LogP contribution in [0.15, 0.2) is 370 Å². The SMILES string of the molecule is C(=C(c1ccccc1)c1ccccc1)c1ccc(N(c2ccccc2)c2ccc(N(c3ccc(-c4ccc(N(c5ccccc5)c5ccccc5)cc4)cc3)c3ccc(N(C=C(c4ccccc4)c4ccccc4)c4ccccc4)cc3)cc2)cc1. The summed E-state index contributed by atoms with van der Waals surface area (Å²) in [4.78, 5) is 9.27. The van der Waals surface area contributed by atoms with Gasteiger partial charge in [0.25, 0.3) is 0 Å². The molecule has 0 saturated carbocycles. The molecule has 0 unspecified atom stereocenters. The summed E-state index contributed by atoms with van der Waals surface area (Å²) in [7, 11) is 0. The Hall–Kier alpha value is -11.5. The lowest BCUT2D eigenvalue weighted by Crippen LogP contribution is -2.13. The summed E-state index contributed by atoms with van der Waals surface area (Å²) < 4.78 is 0. The molecule has 13 aromatic rings. The molecule has 0 spiro atoms. The lowest BCUT2D eigenvalue weighted by atomic mass is 9.95. The summed E-state index contributed by atoms with van der Waals surface area (Å²) >= 11 is 0. The van der Waals surface area contributed by atoms with Gasteiger partial charge in [-0.15, -0.1) is 0 Å². The predicted molar refractivity (Wildman–Crippen MR) is 364 cm³/mol. The summed E-state index contributed by atoms with van der Waals surface area (Å²) in [5, 5.41) is 0. The number of para-hydroxylation sites is 4. The highest BCUT2D eigenvalue weighted by Crippen LogP contribution is 2.42. The van der Waals surface area contributed by atoms with Crippen LogP contribution in [0, 0.1) is 0 Å². The minimum absolute atomic E-state index is 1.03. The van der Waals surface area contributed by atoms with Gasteiger partial charge in [-0.3, -0.25) is 0 Å². The zero-order chi connectivity index (χ0) is 57.7. The van der Waals surface area contributed by atoms with Gasteiger partial charge in [0, 0.05) is 74.3 Å². The summed E-state index contributed by atoms with van der Waals surface area (Å²) in [5.41, 5.74) is 22.0. The van der Waals surface area contributed by atoms with Gasteiger partial charge in [0.1, 0.15) is 0 Å². The minimum Gasteiger partial charge on any atom is -0.317 e. The van der Waals surface area contributed by atoms with Crippen LogP contribution in [-0.2, 0) is 0 Å². The highest BCUT2D eigenvalue weighted by Gasteiger charge is 2.20. The summed E-state index contributed by atoms with van der Waals surface area (Å²) in [5.74, 6) is 0. The third-order valence-electron chi connectivity index (χ3n) is 15.5. The fourth-order valence-electron chi connectivity index (χ4n) is 11.2. The van der Waals surface area contributed by atoms with E-state index >= 15 is 0 Å². The predicted octanol–water partition coefficient (Wildman–Crippen LogP) is 22.6. The number of anilines is 11. The van der Waals surface area contributed by atoms with Crippen molar-refractivity contribution in [2.75, 3.05) is 19.6 Å². The number of hydrogen-bond donors (Lipinski definition) is 0. The van der Waals surface area contributed by atoms with Crippen LogP contribution in [0.2, 0.25) is 0 Å². The molecule has 0 amide bonds. The molecule has 0 saturated heterocycles. The normalized spacial score (nSPS) is 10.8. The first-order valence-electron chi connectivity index (χ1n) is 29.2. The minimum atomic E-state index is 1.03. The van der Waals surface area contributed by atoms with Crippen molar-refractivity contribution >= 4 is 79.8 Å². The van der Waals surface area contributed by atoms with Gasteiger partial charge < -0.3 is 19.6 Å². The smallest absolute Gasteiger partial charge is 0.0463 e. The molecule has 4 nitrogen and oxygen atoms in total. The van der Waals surface area contributed by atoms with Gasteiger partial charge in [-0.1, -0.05) is 231 Å². The van der Waals surface area contributed by atoms with Gasteiger partial charge in [0.05, 0.1) is 0 Å². The van der Waals surface area contributed by atoms with Crippen molar-refractivity contribution in [1.82, 2.24) is 0 Å². The Morgan fingerprint density at radius 1 is 0.186 bits per heavy atom. The van der Waals surface area contributed by atoms with Gasteiger partial charge in [0.15, 0.2) is 0 Å². The van der Waals surface area contributed by atoms with Crippen LogP contribution >= 0.6 is 0 Å². The highest BCUT2D eigenvalue weighted by molar-refractivity contribution is 5.92. The third-order valence-corrected chi connectivity index (χ3v) is 15.5. The van der Waals surface area contributed by atoms with E-state index in [9.17, 15) is 0 Å². The molecule has 410 valence electrons. The Kier molecular flexibility index (Phi) is 16.1. The quantitative estimate of drug-likeness (QED) is 0.0794. The average molecular weight is 1100 g/mol. The van der Waals surface area contributed by atoms with E-state index in [1.54, 1.807) is 0 Å². The van der Waals surface area contributed by atoms with Crippen LogP contribution in [0.1, 0.15) is 27.8 Å². The maximum Gasteiger partial charge on any atom is 0.0463 e. The second-order valence-electron chi connectivity index (χ2n) is 21.0. The maximum absolute atomic E-state index is 2.35. The van der Waals surface area contributed by atoms with Gasteiger partial charge in [0.2, 0.25) is 0 Å². The Morgan fingerprint density at radius 3 is 0.698 bits per heavy atom. The Bertz CT molecular complexity index is 4170. The molecule has 0 aliphatic carbocycles. The van der Waals surface area contributed by atoms with E-state index in [0.29, 0.717) is 0 Å². The maximum atomic E-state index is 2.35. The molecule has 0 heterocycles. The zero-order valence-corrected chi connectivity index (χ0v) is 47.6. The van der Waals surface area contributed by atoms with E-state index in [4.69, 9.17) is 0 Å². The molecule has 13 aromatic carbocycles. The molecule has 13 rings (SSSR count). The third kappa shape index (κ3) is 12.2. The molecule has 86 heavy (non-hydrogen) atoms. The number of benzene rings is 13. The monoisotopic (exact) mass is 1100 g/mol. The van der Waals surface area contributed by atoms with E-state index in [2.05, 4.69) is 396 Å². The average Bonchev–Trinajstić information content (AvgIpc) is 3.58. The number of rotatable bonds is 18. The molecule has 0 atom stereocenters. The van der Waals surface area contributed by atoms with E-state index in [-0.39, 0.29) is 0 Å². The van der Waals surface area contributed by atoms with Gasteiger partial charge >= 0.3 is 0 Å². The second-order valence-corrected chi connectivity index (χ2v) is 21.0. The molecular formula is C82H62N4. The molecule has 0 fully saturated rings. The molecule has 0 aliphatic rings. The molecule has 0 N–H and O–H groups in total. The summed E-state index contributed by atoms with van der Waals surface area (Å²) in [6.45, 7) is 0. The van der Waals surface area contributed by atoms with Crippen molar-refractivity contribution in [2.45, 2.75) is 0 Å². The van der Waals surface area contributed by atoms with Gasteiger partial charge in [-0.25, -0.2) is 0 Å². The molecule has 0 aliphatic heterocycles. The van der Waals surface area contributed by atoms with E-state index in [0.717, 1.165) is 96.0 Å². The number of nitrogens with zero attached hydrogens (tertiary/aromatic N) is 4. The lowest BCUT2D eigenvalue weighted by molar-refractivity contribution is 1.24. The van der Waals surface area contributed by atoms with Crippen molar-refractivity contribution in [3.63, 3.8) is 0 Å². The number of hydrogen-bond acceptors (Lipinski definition) is 4. The fourth-order valence-corrected chi connectivity index (χ4v) is 11.2. The summed E-state index contributed by atoms with van der Waals surface area (Å²) in [6.07, 6.45) is 4.56. The van der Waals surface area contributed by atoms with Crippen molar-refractivity contribution < 1.29 is 0 Å². The first-order valence-corrected chi connectivity index (χ1v) is 29.2. The zero-order valence-electron chi connectivity index (χ0n) is 47.6. The molecule has 0 radical (unpaired) electrons. The summed E-state index contributed by atoms with van der Waals surface area (Å²) in [6, 6.07) is 129. The van der Waals surface area contributed by atoms with E-state index in [1.807, 2.05) is 0 Å². The van der Waals surface area contributed by atoms with Crippen LogP contribution in [0.4, 0.5) is 62.6 Å². The second kappa shape index (κ2) is 25.8. The van der Waals surface area contributed by atoms with Crippen molar-refractivity contribution in [3.8, 4) is 11.1 Å². The van der Waals surface area contributed by atoms with Gasteiger partial charge in [-0.2, -0.15) is 0 Å². The van der Waals surface area contributed by atoms with Crippen molar-refractivity contribution in [2.24, 2.45) is 0 Å². The van der Waals surface area contributed by atoms with Crippen molar-refractivity contribution in [3.05, 3.63) is 398 Å². The van der Waals surface area contributed by atoms with Crippen LogP contribution in [0.25, 0.3) is 28.3 Å². The van der Waals surface area contributed by atoms with Gasteiger partial charge in [-0.05, 0) is 184 Å². The Morgan fingerprint density at radius 2 is 0.395 bits per heavy atom. The van der Waals surface area contributed by atoms with Crippen LogP contribution in [0.5, 0.6) is 0 Å². The van der Waals surface area contributed by atoms with E-state index in [1.165, 1.54) is 16.7 Å². The molecule has 0 bridgehead atoms.